The zero-order valence-electron chi connectivity index (χ0n) is 13.1. The summed E-state index contributed by atoms with van der Waals surface area (Å²) in [5.74, 6) is 1.34. The van der Waals surface area contributed by atoms with E-state index in [0.29, 0.717) is 41.9 Å². The zero-order valence-corrected chi connectivity index (χ0v) is 13.9. The Hall–Kier alpha value is -2.60. The van der Waals surface area contributed by atoms with Gasteiger partial charge in [-0.25, -0.2) is 0 Å². The lowest BCUT2D eigenvalue weighted by Crippen LogP contribution is -2.26. The molecule has 2 aromatic heterocycles. The van der Waals surface area contributed by atoms with Crippen LogP contribution in [0.3, 0.4) is 0 Å². The highest BCUT2D eigenvalue weighted by molar-refractivity contribution is 6.30. The van der Waals surface area contributed by atoms with Crippen molar-refractivity contribution in [2.24, 2.45) is 0 Å². The molecule has 6 nitrogen and oxygen atoms in total. The average molecular weight is 346 g/mol. The molecule has 0 aliphatic rings. The second-order valence-corrected chi connectivity index (χ2v) is 5.80. The van der Waals surface area contributed by atoms with Crippen molar-refractivity contribution in [1.82, 2.24) is 15.0 Å². The lowest BCUT2D eigenvalue weighted by molar-refractivity contribution is -0.130. The standard InChI is InChI=1S/C17H16ClN3O3/c1-21(11-12-4-6-13(18)7-5-12)16(22)9-8-15-19-17(20-24-15)14-3-2-10-23-14/h2-7,10H,8-9,11H2,1H3. The molecule has 0 fully saturated rings. The normalized spacial score (nSPS) is 10.8. The van der Waals surface area contributed by atoms with Crippen LogP contribution in [-0.2, 0) is 17.8 Å². The number of rotatable bonds is 6. The zero-order chi connectivity index (χ0) is 16.9. The highest BCUT2D eigenvalue weighted by atomic mass is 35.5. The van der Waals surface area contributed by atoms with Gasteiger partial charge in [0, 0.05) is 31.5 Å². The number of carbonyl (C=O) groups excluding carboxylic acids is 1. The first-order chi connectivity index (χ1) is 11.6. The van der Waals surface area contributed by atoms with E-state index in [2.05, 4.69) is 10.1 Å². The third kappa shape index (κ3) is 4.02. The van der Waals surface area contributed by atoms with Gasteiger partial charge in [0.1, 0.15) is 0 Å². The van der Waals surface area contributed by atoms with Gasteiger partial charge in [-0.15, -0.1) is 0 Å². The van der Waals surface area contributed by atoms with Crippen molar-refractivity contribution in [1.29, 1.82) is 0 Å². The number of hydrogen-bond donors (Lipinski definition) is 0. The van der Waals surface area contributed by atoms with Gasteiger partial charge in [0.25, 0.3) is 0 Å². The molecule has 0 unspecified atom stereocenters. The number of benzene rings is 1. The first kappa shape index (κ1) is 16.3. The van der Waals surface area contributed by atoms with Gasteiger partial charge in [-0.05, 0) is 29.8 Å². The molecular weight excluding hydrogens is 330 g/mol. The number of aromatic nitrogens is 2. The van der Waals surface area contributed by atoms with Crippen molar-refractivity contribution < 1.29 is 13.7 Å². The van der Waals surface area contributed by atoms with Gasteiger partial charge in [0.2, 0.25) is 17.6 Å². The van der Waals surface area contributed by atoms with Crippen molar-refractivity contribution in [3.63, 3.8) is 0 Å². The fourth-order valence-corrected chi connectivity index (χ4v) is 2.34. The number of carbonyl (C=O) groups is 1. The molecule has 0 atom stereocenters. The number of furan rings is 1. The monoisotopic (exact) mass is 345 g/mol. The lowest BCUT2D eigenvalue weighted by Gasteiger charge is -2.16. The molecule has 7 heteroatoms. The molecule has 3 rings (SSSR count). The Labute approximate surface area is 144 Å². The van der Waals surface area contributed by atoms with E-state index in [4.69, 9.17) is 20.5 Å². The number of nitrogens with zero attached hydrogens (tertiary/aromatic N) is 3. The van der Waals surface area contributed by atoms with Gasteiger partial charge in [-0.2, -0.15) is 4.98 Å². The van der Waals surface area contributed by atoms with E-state index < -0.39 is 0 Å². The minimum atomic E-state index is 0.00250. The summed E-state index contributed by atoms with van der Waals surface area (Å²) in [6, 6.07) is 10.9. The predicted molar refractivity (Wildman–Crippen MR) is 88.2 cm³/mol. The third-order valence-electron chi connectivity index (χ3n) is 3.52. The first-order valence-electron chi connectivity index (χ1n) is 7.46. The van der Waals surface area contributed by atoms with Crippen LogP contribution < -0.4 is 0 Å². The maximum absolute atomic E-state index is 12.2. The summed E-state index contributed by atoms with van der Waals surface area (Å²) in [7, 11) is 1.76. The van der Waals surface area contributed by atoms with E-state index in [-0.39, 0.29) is 5.91 Å². The molecule has 0 aliphatic carbocycles. The molecule has 0 bridgehead atoms. The fourth-order valence-electron chi connectivity index (χ4n) is 2.22. The SMILES string of the molecule is CN(Cc1ccc(Cl)cc1)C(=O)CCc1nc(-c2ccco2)no1. The molecule has 0 aliphatic heterocycles. The van der Waals surface area contributed by atoms with Crippen LogP contribution in [0, 0.1) is 0 Å². The largest absolute Gasteiger partial charge is 0.461 e. The van der Waals surface area contributed by atoms with Crippen LogP contribution in [0.2, 0.25) is 5.02 Å². The molecular formula is C17H16ClN3O3. The summed E-state index contributed by atoms with van der Waals surface area (Å²) >= 11 is 5.86. The molecule has 0 N–H and O–H groups in total. The second kappa shape index (κ2) is 7.31. The minimum Gasteiger partial charge on any atom is -0.461 e. The van der Waals surface area contributed by atoms with Crippen LogP contribution in [0.1, 0.15) is 17.9 Å². The quantitative estimate of drug-likeness (QED) is 0.682. The molecule has 0 saturated heterocycles. The number of halogens is 1. The number of amides is 1. The highest BCUT2D eigenvalue weighted by Crippen LogP contribution is 2.16. The summed E-state index contributed by atoms with van der Waals surface area (Å²) in [5.41, 5.74) is 1.02. The van der Waals surface area contributed by atoms with Crippen molar-refractivity contribution in [2.75, 3.05) is 7.05 Å². The molecule has 124 valence electrons. The van der Waals surface area contributed by atoms with E-state index in [1.807, 2.05) is 24.3 Å². The van der Waals surface area contributed by atoms with Crippen LogP contribution in [0.5, 0.6) is 0 Å². The van der Waals surface area contributed by atoms with Crippen molar-refractivity contribution in [3.05, 3.63) is 59.1 Å². The topological polar surface area (TPSA) is 72.4 Å². The van der Waals surface area contributed by atoms with Gasteiger partial charge >= 0.3 is 0 Å². The Morgan fingerprint density at radius 1 is 1.25 bits per heavy atom. The Kier molecular flexibility index (Phi) is 4.96. The number of aryl methyl sites for hydroxylation is 1. The molecule has 3 aromatic rings. The first-order valence-corrected chi connectivity index (χ1v) is 7.84. The summed E-state index contributed by atoms with van der Waals surface area (Å²) in [6.07, 6.45) is 2.22. The molecule has 0 spiro atoms. The molecule has 0 radical (unpaired) electrons. The molecule has 0 saturated carbocycles. The summed E-state index contributed by atoms with van der Waals surface area (Å²) in [5, 5.41) is 4.52. The highest BCUT2D eigenvalue weighted by Gasteiger charge is 2.14. The Balaban J connectivity index is 1.52. The van der Waals surface area contributed by atoms with Crippen LogP contribution in [-0.4, -0.2) is 28.0 Å². The number of hydrogen-bond acceptors (Lipinski definition) is 5. The molecule has 24 heavy (non-hydrogen) atoms. The third-order valence-corrected chi connectivity index (χ3v) is 3.77. The van der Waals surface area contributed by atoms with Gasteiger partial charge in [-0.1, -0.05) is 28.9 Å². The van der Waals surface area contributed by atoms with Gasteiger partial charge in [0.05, 0.1) is 6.26 Å². The fraction of sp³-hybridized carbons (Fsp3) is 0.235. The Morgan fingerprint density at radius 2 is 2.04 bits per heavy atom. The average Bonchev–Trinajstić information content (AvgIpc) is 3.25. The van der Waals surface area contributed by atoms with E-state index in [0.717, 1.165) is 5.56 Å². The van der Waals surface area contributed by atoms with Crippen molar-refractivity contribution >= 4 is 17.5 Å². The molecule has 2 heterocycles. The summed E-state index contributed by atoms with van der Waals surface area (Å²) in [4.78, 5) is 18.1. The lowest BCUT2D eigenvalue weighted by atomic mass is 10.2. The Bertz CT molecular complexity index is 797. The molecule has 1 amide bonds. The van der Waals surface area contributed by atoms with Crippen LogP contribution in [0.4, 0.5) is 0 Å². The van der Waals surface area contributed by atoms with Crippen LogP contribution in [0.15, 0.2) is 51.6 Å². The molecule has 1 aromatic carbocycles. The van der Waals surface area contributed by atoms with Gasteiger partial charge in [0.15, 0.2) is 5.76 Å². The van der Waals surface area contributed by atoms with Crippen molar-refractivity contribution in [2.45, 2.75) is 19.4 Å². The minimum absolute atomic E-state index is 0.00250. The van der Waals surface area contributed by atoms with Crippen molar-refractivity contribution in [3.8, 4) is 11.6 Å². The van der Waals surface area contributed by atoms with E-state index >= 15 is 0 Å². The van der Waals surface area contributed by atoms with Gasteiger partial charge < -0.3 is 13.8 Å². The summed E-state index contributed by atoms with van der Waals surface area (Å²) in [6.45, 7) is 0.525. The predicted octanol–water partition coefficient (Wildman–Crippen LogP) is 3.57. The second-order valence-electron chi connectivity index (χ2n) is 5.37. The van der Waals surface area contributed by atoms with Crippen LogP contribution in [0.25, 0.3) is 11.6 Å². The van der Waals surface area contributed by atoms with E-state index in [1.165, 1.54) is 0 Å². The summed E-state index contributed by atoms with van der Waals surface area (Å²) < 4.78 is 10.3. The smallest absolute Gasteiger partial charge is 0.238 e. The maximum Gasteiger partial charge on any atom is 0.238 e. The Morgan fingerprint density at radius 3 is 2.75 bits per heavy atom. The maximum atomic E-state index is 12.2. The van der Waals surface area contributed by atoms with Gasteiger partial charge in [-0.3, -0.25) is 4.79 Å². The van der Waals surface area contributed by atoms with E-state index in [1.54, 1.807) is 30.3 Å². The van der Waals surface area contributed by atoms with Crippen LogP contribution >= 0.6 is 11.6 Å². The van der Waals surface area contributed by atoms with E-state index in [9.17, 15) is 4.79 Å².